The average molecular weight is 458 g/mol. The van der Waals surface area contributed by atoms with Crippen LogP contribution < -0.4 is 5.32 Å². The first-order valence-corrected chi connectivity index (χ1v) is 10.5. The number of benzene rings is 3. The van der Waals surface area contributed by atoms with Crippen LogP contribution in [-0.4, -0.2) is 16.8 Å². The number of carbonyl (C=O) groups excluding carboxylic acids is 1. The molecule has 2 N–H and O–H groups in total. The van der Waals surface area contributed by atoms with E-state index in [0.717, 1.165) is 11.1 Å². The van der Waals surface area contributed by atoms with Gasteiger partial charge in [-0.05, 0) is 54.4 Å². The van der Waals surface area contributed by atoms with Gasteiger partial charge in [-0.3, -0.25) is 4.79 Å². The summed E-state index contributed by atoms with van der Waals surface area (Å²) >= 11 is 12.2. The number of rotatable bonds is 4. The van der Waals surface area contributed by atoms with Crippen LogP contribution in [0.15, 0.2) is 78.9 Å². The molecular formula is C24H21Cl2NO4. The zero-order valence-electron chi connectivity index (χ0n) is 16.7. The first-order valence-electron chi connectivity index (χ1n) is 9.77. The van der Waals surface area contributed by atoms with Gasteiger partial charge in [0.2, 0.25) is 11.7 Å². The Morgan fingerprint density at radius 1 is 0.903 bits per heavy atom. The van der Waals surface area contributed by atoms with Crippen LogP contribution >= 0.6 is 23.2 Å². The maximum Gasteiger partial charge on any atom is 0.233 e. The molecule has 2 unspecified atom stereocenters. The van der Waals surface area contributed by atoms with Gasteiger partial charge in [0, 0.05) is 22.2 Å². The van der Waals surface area contributed by atoms with Crippen molar-refractivity contribution in [2.24, 2.45) is 5.92 Å². The van der Waals surface area contributed by atoms with Crippen molar-refractivity contribution in [2.45, 2.75) is 24.7 Å². The molecule has 3 aromatic rings. The van der Waals surface area contributed by atoms with Crippen LogP contribution in [0.5, 0.6) is 0 Å². The summed E-state index contributed by atoms with van der Waals surface area (Å²) < 4.78 is 0. The molecule has 1 aliphatic rings. The highest BCUT2D eigenvalue weighted by Gasteiger charge is 2.54. The highest BCUT2D eigenvalue weighted by molar-refractivity contribution is 6.30. The maximum absolute atomic E-state index is 13.2. The number of hydrogen-bond donors (Lipinski definition) is 2. The van der Waals surface area contributed by atoms with Gasteiger partial charge in [-0.15, -0.1) is 0 Å². The third-order valence-electron chi connectivity index (χ3n) is 5.47. The first-order chi connectivity index (χ1) is 14.8. The fourth-order valence-electron chi connectivity index (χ4n) is 3.75. The van der Waals surface area contributed by atoms with Crippen molar-refractivity contribution in [2.75, 3.05) is 5.32 Å². The van der Waals surface area contributed by atoms with E-state index in [2.05, 4.69) is 5.32 Å². The number of aliphatic hydroxyl groups is 1. The quantitative estimate of drug-likeness (QED) is 0.503. The molecule has 2 atom stereocenters. The maximum atomic E-state index is 13.2. The van der Waals surface area contributed by atoms with Crippen molar-refractivity contribution >= 4 is 34.8 Å². The average Bonchev–Trinajstić information content (AvgIpc) is 2.76. The van der Waals surface area contributed by atoms with E-state index in [1.54, 1.807) is 36.4 Å². The van der Waals surface area contributed by atoms with Crippen molar-refractivity contribution in [1.82, 2.24) is 0 Å². The van der Waals surface area contributed by atoms with Gasteiger partial charge in [-0.1, -0.05) is 65.7 Å². The lowest BCUT2D eigenvalue weighted by Gasteiger charge is -2.45. The number of anilines is 1. The van der Waals surface area contributed by atoms with Crippen LogP contribution in [0.1, 0.15) is 24.5 Å². The van der Waals surface area contributed by atoms with Crippen molar-refractivity contribution in [3.63, 3.8) is 0 Å². The van der Waals surface area contributed by atoms with Gasteiger partial charge in [-0.25, -0.2) is 4.89 Å². The monoisotopic (exact) mass is 457 g/mol. The fraction of sp³-hybridized carbons (Fsp3) is 0.208. The Labute approximate surface area is 190 Å². The summed E-state index contributed by atoms with van der Waals surface area (Å²) in [6.07, 6.45) is 0.127. The second-order valence-corrected chi connectivity index (χ2v) is 8.55. The molecule has 0 aliphatic carbocycles. The van der Waals surface area contributed by atoms with Crippen LogP contribution in [0.4, 0.5) is 5.69 Å². The number of carbonyl (C=O) groups is 1. The van der Waals surface area contributed by atoms with E-state index in [1.807, 2.05) is 42.5 Å². The lowest BCUT2D eigenvalue weighted by atomic mass is 9.76. The lowest BCUT2D eigenvalue weighted by molar-refractivity contribution is -0.487. The van der Waals surface area contributed by atoms with Crippen LogP contribution in [0.3, 0.4) is 0 Å². The van der Waals surface area contributed by atoms with Gasteiger partial charge in [0.1, 0.15) is 0 Å². The molecule has 4 rings (SSSR count). The van der Waals surface area contributed by atoms with Crippen molar-refractivity contribution in [3.8, 4) is 0 Å². The summed E-state index contributed by atoms with van der Waals surface area (Å²) in [6.45, 7) is 1.41. The Morgan fingerprint density at radius 2 is 1.42 bits per heavy atom. The number of para-hydroxylation sites is 1. The smallest absolute Gasteiger partial charge is 0.233 e. The molecular weight excluding hydrogens is 437 g/mol. The predicted octanol–water partition coefficient (Wildman–Crippen LogP) is 5.55. The zero-order valence-corrected chi connectivity index (χ0v) is 18.2. The highest BCUT2D eigenvalue weighted by Crippen LogP contribution is 2.47. The number of hydrogen-bond acceptors (Lipinski definition) is 4. The second kappa shape index (κ2) is 8.61. The third-order valence-corrected chi connectivity index (χ3v) is 5.97. The molecule has 0 spiro atoms. The fourth-order valence-corrected chi connectivity index (χ4v) is 4.00. The molecule has 0 radical (unpaired) electrons. The summed E-state index contributed by atoms with van der Waals surface area (Å²) in [5, 5.41) is 14.8. The Hall–Kier alpha value is -2.41. The van der Waals surface area contributed by atoms with Gasteiger partial charge < -0.3 is 10.4 Å². The molecule has 0 bridgehead atoms. The van der Waals surface area contributed by atoms with Gasteiger partial charge in [-0.2, -0.15) is 4.89 Å². The minimum absolute atomic E-state index is 0.127. The summed E-state index contributed by atoms with van der Waals surface area (Å²) in [4.78, 5) is 24.5. The largest absolute Gasteiger partial charge is 0.363 e. The number of halogens is 2. The molecule has 7 heteroatoms. The molecule has 0 aromatic heterocycles. The van der Waals surface area contributed by atoms with Crippen molar-refractivity contribution < 1.29 is 19.7 Å². The highest BCUT2D eigenvalue weighted by atomic mass is 35.5. The van der Waals surface area contributed by atoms with Gasteiger partial charge in [0.15, 0.2) is 5.60 Å². The Balaban J connectivity index is 1.75. The Bertz CT molecular complexity index is 1010. The summed E-state index contributed by atoms with van der Waals surface area (Å²) in [6, 6.07) is 23.3. The van der Waals surface area contributed by atoms with E-state index in [-0.39, 0.29) is 12.3 Å². The van der Waals surface area contributed by atoms with Gasteiger partial charge >= 0.3 is 0 Å². The molecule has 160 valence electrons. The van der Waals surface area contributed by atoms with Crippen LogP contribution in [0, 0.1) is 5.92 Å². The zero-order chi connectivity index (χ0) is 22.1. The van der Waals surface area contributed by atoms with Crippen molar-refractivity contribution in [1.29, 1.82) is 0 Å². The van der Waals surface area contributed by atoms with Gasteiger partial charge in [0.05, 0.1) is 5.92 Å². The van der Waals surface area contributed by atoms with E-state index in [1.165, 1.54) is 6.92 Å². The summed E-state index contributed by atoms with van der Waals surface area (Å²) in [5.41, 5.74) is 0.925. The molecule has 1 saturated heterocycles. The summed E-state index contributed by atoms with van der Waals surface area (Å²) in [7, 11) is 0. The normalized spacial score (nSPS) is 22.6. The Kier molecular flexibility index (Phi) is 6.06. The topological polar surface area (TPSA) is 67.8 Å². The molecule has 31 heavy (non-hydrogen) atoms. The van der Waals surface area contributed by atoms with Crippen LogP contribution in [0.25, 0.3) is 0 Å². The minimum Gasteiger partial charge on any atom is -0.363 e. The van der Waals surface area contributed by atoms with E-state index >= 15 is 0 Å². The first kappa shape index (κ1) is 21.8. The van der Waals surface area contributed by atoms with E-state index in [0.29, 0.717) is 15.7 Å². The Morgan fingerprint density at radius 3 is 1.94 bits per heavy atom. The van der Waals surface area contributed by atoms with E-state index in [9.17, 15) is 9.90 Å². The molecule has 1 heterocycles. The van der Waals surface area contributed by atoms with Crippen molar-refractivity contribution in [3.05, 3.63) is 100 Å². The summed E-state index contributed by atoms with van der Waals surface area (Å²) in [5.74, 6) is -3.15. The second-order valence-electron chi connectivity index (χ2n) is 7.67. The van der Waals surface area contributed by atoms with E-state index in [4.69, 9.17) is 33.0 Å². The number of nitrogens with one attached hydrogen (secondary N) is 1. The predicted molar refractivity (Wildman–Crippen MR) is 120 cm³/mol. The standard InChI is InChI=1S/C24H21Cl2NO4/c1-23(29)21(22(28)27-20-5-3-2-4-6-20)15-24(31-30-23,16-7-11-18(25)12-8-16)17-9-13-19(26)14-10-17/h2-14,21,29H,15H2,1H3,(H,27,28). The molecule has 1 aliphatic heterocycles. The molecule has 0 saturated carbocycles. The van der Waals surface area contributed by atoms with Gasteiger partial charge in [0.25, 0.3) is 0 Å². The number of amides is 1. The minimum atomic E-state index is -1.83. The molecule has 3 aromatic carbocycles. The van der Waals surface area contributed by atoms with Crippen LogP contribution in [0.2, 0.25) is 10.0 Å². The SMILES string of the molecule is CC1(O)OOC(c2ccc(Cl)cc2)(c2ccc(Cl)cc2)CC1C(=O)Nc1ccccc1. The van der Waals surface area contributed by atoms with E-state index < -0.39 is 17.3 Å². The third kappa shape index (κ3) is 4.47. The van der Waals surface area contributed by atoms with Crippen LogP contribution in [-0.2, 0) is 20.2 Å². The molecule has 5 nitrogen and oxygen atoms in total. The molecule has 1 amide bonds. The molecule has 1 fully saturated rings. The lowest BCUT2D eigenvalue weighted by Crippen LogP contribution is -2.54.